The van der Waals surface area contributed by atoms with Crippen molar-refractivity contribution in [3.05, 3.63) is 59.7 Å². The van der Waals surface area contributed by atoms with Crippen LogP contribution in [-0.2, 0) is 4.74 Å². The largest absolute Gasteiger partial charge is 0.459 e. The molecule has 0 aromatic heterocycles. The van der Waals surface area contributed by atoms with Crippen LogP contribution in [0, 0.1) is 5.92 Å². The third-order valence-electron chi connectivity index (χ3n) is 8.33. The molecule has 3 heteroatoms. The van der Waals surface area contributed by atoms with Gasteiger partial charge < -0.3 is 10.1 Å². The lowest BCUT2D eigenvalue weighted by atomic mass is 9.77. The number of benzene rings is 2. The lowest BCUT2D eigenvalue weighted by Gasteiger charge is -2.45. The van der Waals surface area contributed by atoms with E-state index in [4.69, 9.17) is 4.74 Å². The predicted octanol–water partition coefficient (Wildman–Crippen LogP) is 8.67. The molecule has 0 atom stereocenters. The summed E-state index contributed by atoms with van der Waals surface area (Å²) in [5.74, 6) is 1.44. The first-order valence-electron chi connectivity index (χ1n) is 14.3. The molecular formula is C33H47NO2. The minimum Gasteiger partial charge on any atom is -0.459 e. The van der Waals surface area contributed by atoms with E-state index < -0.39 is 0 Å². The molecule has 0 spiro atoms. The van der Waals surface area contributed by atoms with Gasteiger partial charge in [0.2, 0.25) is 0 Å². The summed E-state index contributed by atoms with van der Waals surface area (Å²) in [6.07, 6.45) is 12.6. The maximum atomic E-state index is 12.9. The van der Waals surface area contributed by atoms with Crippen molar-refractivity contribution in [1.29, 1.82) is 0 Å². The zero-order valence-corrected chi connectivity index (χ0v) is 23.2. The number of esters is 1. The lowest BCUT2D eigenvalue weighted by Crippen LogP contribution is -2.59. The topological polar surface area (TPSA) is 38.3 Å². The summed E-state index contributed by atoms with van der Waals surface area (Å²) in [4.78, 5) is 12.9. The smallest absolute Gasteiger partial charge is 0.338 e. The van der Waals surface area contributed by atoms with Crippen LogP contribution < -0.4 is 5.32 Å². The van der Waals surface area contributed by atoms with E-state index in [1.807, 2.05) is 24.3 Å². The normalized spacial score (nSPS) is 23.8. The summed E-state index contributed by atoms with van der Waals surface area (Å²) in [5.41, 5.74) is 4.36. The number of piperidine rings is 1. The summed E-state index contributed by atoms with van der Waals surface area (Å²) >= 11 is 0. The Morgan fingerprint density at radius 3 is 1.94 bits per heavy atom. The van der Waals surface area contributed by atoms with Crippen LogP contribution in [0.15, 0.2) is 48.5 Å². The van der Waals surface area contributed by atoms with Gasteiger partial charge in [0.15, 0.2) is 0 Å². The van der Waals surface area contributed by atoms with Crippen LogP contribution in [0.25, 0.3) is 11.1 Å². The molecule has 2 aromatic carbocycles. The summed E-state index contributed by atoms with van der Waals surface area (Å²) in [7, 11) is 0. The van der Waals surface area contributed by atoms with Crippen molar-refractivity contribution in [2.45, 2.75) is 122 Å². The van der Waals surface area contributed by atoms with E-state index >= 15 is 0 Å². The average molecular weight is 490 g/mol. The molecule has 196 valence electrons. The number of rotatable bonds is 8. The number of carbonyl (C=O) groups is 1. The average Bonchev–Trinajstić information content (AvgIpc) is 2.83. The van der Waals surface area contributed by atoms with Gasteiger partial charge in [-0.05, 0) is 94.0 Å². The van der Waals surface area contributed by atoms with Crippen LogP contribution in [0.5, 0.6) is 0 Å². The number of unbranched alkanes of at least 4 members (excludes halogenated alkanes) is 2. The fraction of sp³-hybridized carbons (Fsp3) is 0.606. The molecule has 2 aliphatic rings. The number of hydrogen-bond donors (Lipinski definition) is 1. The third-order valence-corrected chi connectivity index (χ3v) is 8.33. The molecule has 1 aliphatic heterocycles. The van der Waals surface area contributed by atoms with Crippen molar-refractivity contribution < 1.29 is 9.53 Å². The highest BCUT2D eigenvalue weighted by molar-refractivity contribution is 5.90. The zero-order valence-electron chi connectivity index (χ0n) is 23.2. The molecule has 1 aliphatic carbocycles. The summed E-state index contributed by atoms with van der Waals surface area (Å²) in [6.45, 7) is 11.0. The molecule has 0 unspecified atom stereocenters. The summed E-state index contributed by atoms with van der Waals surface area (Å²) < 4.78 is 5.93. The van der Waals surface area contributed by atoms with Gasteiger partial charge in [0.05, 0.1) is 5.56 Å². The van der Waals surface area contributed by atoms with Gasteiger partial charge in [-0.2, -0.15) is 0 Å². The molecule has 1 heterocycles. The summed E-state index contributed by atoms with van der Waals surface area (Å²) in [6, 6.07) is 17.0. The van der Waals surface area contributed by atoms with Crippen molar-refractivity contribution in [1.82, 2.24) is 5.32 Å². The SMILES string of the molecule is CCCCCC1CCC(c2ccc(-c3ccc(C(=O)OC4CC(C)(C)NC(C)(C)C4)cc3)cc2)CC1. The van der Waals surface area contributed by atoms with E-state index in [-0.39, 0.29) is 23.2 Å². The third kappa shape index (κ3) is 7.22. The standard InChI is InChI=1S/C33H47NO2/c1-6-7-8-9-24-10-12-25(13-11-24)26-14-16-27(17-15-26)28-18-20-29(21-19-28)31(35)36-30-22-32(2,3)34-33(4,5)23-30/h14-21,24-25,30,34H,6-13,22-23H2,1-5H3. The number of nitrogens with one attached hydrogen (secondary N) is 1. The van der Waals surface area contributed by atoms with Gasteiger partial charge in [-0.1, -0.05) is 69.0 Å². The van der Waals surface area contributed by atoms with Gasteiger partial charge in [-0.3, -0.25) is 0 Å². The van der Waals surface area contributed by atoms with Gasteiger partial charge >= 0.3 is 5.97 Å². The monoisotopic (exact) mass is 489 g/mol. The van der Waals surface area contributed by atoms with E-state index in [9.17, 15) is 4.79 Å². The number of ether oxygens (including phenoxy) is 1. The summed E-state index contributed by atoms with van der Waals surface area (Å²) in [5, 5.41) is 3.65. The zero-order chi connectivity index (χ0) is 25.8. The molecule has 1 saturated carbocycles. The van der Waals surface area contributed by atoms with E-state index in [1.165, 1.54) is 62.5 Å². The van der Waals surface area contributed by atoms with Crippen LogP contribution in [0.4, 0.5) is 0 Å². The molecular weight excluding hydrogens is 442 g/mol. The van der Waals surface area contributed by atoms with E-state index in [2.05, 4.69) is 64.2 Å². The van der Waals surface area contributed by atoms with Gasteiger partial charge in [0, 0.05) is 23.9 Å². The Morgan fingerprint density at radius 1 is 0.833 bits per heavy atom. The second-order valence-electron chi connectivity index (χ2n) is 12.7. The van der Waals surface area contributed by atoms with Gasteiger partial charge in [-0.25, -0.2) is 4.79 Å². The molecule has 0 bridgehead atoms. The highest BCUT2D eigenvalue weighted by atomic mass is 16.5. The Labute approximate surface area is 219 Å². The molecule has 1 saturated heterocycles. The van der Waals surface area contributed by atoms with Crippen molar-refractivity contribution in [2.24, 2.45) is 5.92 Å². The molecule has 0 amide bonds. The second-order valence-corrected chi connectivity index (χ2v) is 12.7. The maximum absolute atomic E-state index is 12.9. The van der Waals surface area contributed by atoms with E-state index in [0.29, 0.717) is 11.5 Å². The molecule has 1 N–H and O–H groups in total. The highest BCUT2D eigenvalue weighted by Gasteiger charge is 2.39. The maximum Gasteiger partial charge on any atom is 0.338 e. The van der Waals surface area contributed by atoms with Crippen LogP contribution in [0.1, 0.15) is 121 Å². The Morgan fingerprint density at radius 2 is 1.39 bits per heavy atom. The van der Waals surface area contributed by atoms with Gasteiger partial charge in [0.1, 0.15) is 6.10 Å². The van der Waals surface area contributed by atoms with E-state index in [0.717, 1.165) is 24.3 Å². The Bertz CT molecular complexity index is 965. The van der Waals surface area contributed by atoms with Crippen molar-refractivity contribution in [3.8, 4) is 11.1 Å². The molecule has 4 rings (SSSR count). The quantitative estimate of drug-likeness (QED) is 0.298. The first-order valence-corrected chi connectivity index (χ1v) is 14.3. The number of carbonyl (C=O) groups excluding carboxylic acids is 1. The van der Waals surface area contributed by atoms with Crippen molar-refractivity contribution in [2.75, 3.05) is 0 Å². The fourth-order valence-electron chi connectivity index (χ4n) is 6.75. The second kappa shape index (κ2) is 11.5. The Hall–Kier alpha value is -2.13. The van der Waals surface area contributed by atoms with Crippen LogP contribution >= 0.6 is 0 Å². The molecule has 0 radical (unpaired) electrons. The molecule has 2 fully saturated rings. The van der Waals surface area contributed by atoms with Gasteiger partial charge in [0.25, 0.3) is 0 Å². The van der Waals surface area contributed by atoms with Crippen LogP contribution in [0.3, 0.4) is 0 Å². The van der Waals surface area contributed by atoms with Crippen LogP contribution in [0.2, 0.25) is 0 Å². The van der Waals surface area contributed by atoms with Crippen molar-refractivity contribution in [3.63, 3.8) is 0 Å². The predicted molar refractivity (Wildman–Crippen MR) is 150 cm³/mol. The van der Waals surface area contributed by atoms with E-state index in [1.54, 1.807) is 0 Å². The Balaban J connectivity index is 1.31. The molecule has 2 aromatic rings. The first kappa shape index (κ1) is 26.9. The Kier molecular flexibility index (Phi) is 8.60. The van der Waals surface area contributed by atoms with Crippen LogP contribution in [-0.4, -0.2) is 23.2 Å². The minimum atomic E-state index is -0.222. The van der Waals surface area contributed by atoms with Crippen molar-refractivity contribution >= 4 is 5.97 Å². The van der Waals surface area contributed by atoms with Gasteiger partial charge in [-0.15, -0.1) is 0 Å². The highest BCUT2D eigenvalue weighted by Crippen LogP contribution is 2.38. The number of hydrogen-bond acceptors (Lipinski definition) is 3. The minimum absolute atomic E-state index is 0.0450. The molecule has 36 heavy (non-hydrogen) atoms. The molecule has 3 nitrogen and oxygen atoms in total. The fourth-order valence-corrected chi connectivity index (χ4v) is 6.75. The lowest BCUT2D eigenvalue weighted by molar-refractivity contribution is -0.00637. The first-order chi connectivity index (χ1) is 17.1.